The van der Waals surface area contributed by atoms with Gasteiger partial charge in [0, 0.05) is 12.2 Å². The van der Waals surface area contributed by atoms with Crippen LogP contribution in [0.4, 0.5) is 5.69 Å². The highest BCUT2D eigenvalue weighted by atomic mass is 16.4. The van der Waals surface area contributed by atoms with Crippen molar-refractivity contribution in [3.05, 3.63) is 24.3 Å². The SMILES string of the molecule is CCN(C=O)CNc1ccc(B(O)O)cc1. The Bertz CT molecular complexity index is 329. The number of rotatable bonds is 6. The molecule has 0 unspecified atom stereocenters. The molecule has 0 aromatic heterocycles. The van der Waals surface area contributed by atoms with Gasteiger partial charge >= 0.3 is 7.12 Å². The van der Waals surface area contributed by atoms with E-state index in [1.807, 2.05) is 6.92 Å². The van der Waals surface area contributed by atoms with Gasteiger partial charge in [-0.05, 0) is 24.5 Å². The van der Waals surface area contributed by atoms with Gasteiger partial charge in [0.25, 0.3) is 0 Å². The van der Waals surface area contributed by atoms with Crippen molar-refractivity contribution in [3.8, 4) is 0 Å². The lowest BCUT2D eigenvalue weighted by atomic mass is 9.80. The van der Waals surface area contributed by atoms with Crippen LogP contribution in [-0.2, 0) is 4.79 Å². The summed E-state index contributed by atoms with van der Waals surface area (Å²) in [6.45, 7) is 2.96. The summed E-state index contributed by atoms with van der Waals surface area (Å²) in [5, 5.41) is 20.8. The molecular weight excluding hydrogens is 207 g/mol. The van der Waals surface area contributed by atoms with Crippen molar-refractivity contribution in [2.45, 2.75) is 6.92 Å². The van der Waals surface area contributed by atoms with Crippen LogP contribution in [0.1, 0.15) is 6.92 Å². The van der Waals surface area contributed by atoms with Gasteiger partial charge in [0.05, 0.1) is 6.67 Å². The van der Waals surface area contributed by atoms with E-state index in [4.69, 9.17) is 10.0 Å². The fraction of sp³-hybridized carbons (Fsp3) is 0.300. The third-order valence-corrected chi connectivity index (χ3v) is 2.25. The summed E-state index contributed by atoms with van der Waals surface area (Å²) in [4.78, 5) is 12.1. The second-order valence-electron chi connectivity index (χ2n) is 3.34. The lowest BCUT2D eigenvalue weighted by Gasteiger charge is -2.16. The molecule has 0 radical (unpaired) electrons. The highest BCUT2D eigenvalue weighted by Gasteiger charge is 2.09. The van der Waals surface area contributed by atoms with Crippen LogP contribution in [0.3, 0.4) is 0 Å². The van der Waals surface area contributed by atoms with Crippen molar-refractivity contribution in [1.29, 1.82) is 0 Å². The first kappa shape index (κ1) is 12.5. The number of hydrogen-bond donors (Lipinski definition) is 3. The zero-order chi connectivity index (χ0) is 12.0. The molecule has 1 aromatic carbocycles. The summed E-state index contributed by atoms with van der Waals surface area (Å²) in [5.41, 5.74) is 1.26. The van der Waals surface area contributed by atoms with Gasteiger partial charge in [-0.3, -0.25) is 4.79 Å². The second-order valence-corrected chi connectivity index (χ2v) is 3.34. The number of nitrogens with zero attached hydrogens (tertiary/aromatic N) is 1. The Morgan fingerprint density at radius 3 is 2.44 bits per heavy atom. The lowest BCUT2D eigenvalue weighted by Crippen LogP contribution is -2.30. The van der Waals surface area contributed by atoms with Crippen molar-refractivity contribution in [2.75, 3.05) is 18.5 Å². The number of carbonyl (C=O) groups excluding carboxylic acids is 1. The molecule has 5 nitrogen and oxygen atoms in total. The van der Waals surface area contributed by atoms with Crippen LogP contribution in [0.5, 0.6) is 0 Å². The van der Waals surface area contributed by atoms with Crippen LogP contribution in [0.2, 0.25) is 0 Å². The number of carbonyl (C=O) groups is 1. The molecular formula is C10H15BN2O3. The Morgan fingerprint density at radius 2 is 2.00 bits per heavy atom. The molecule has 0 aliphatic carbocycles. The maximum Gasteiger partial charge on any atom is 0.488 e. The molecule has 0 saturated heterocycles. The van der Waals surface area contributed by atoms with Crippen molar-refractivity contribution >= 4 is 24.7 Å². The van der Waals surface area contributed by atoms with Crippen molar-refractivity contribution in [3.63, 3.8) is 0 Å². The van der Waals surface area contributed by atoms with Gasteiger partial charge < -0.3 is 20.3 Å². The maximum atomic E-state index is 10.5. The van der Waals surface area contributed by atoms with Gasteiger partial charge in [0.2, 0.25) is 6.41 Å². The number of nitrogens with one attached hydrogen (secondary N) is 1. The largest absolute Gasteiger partial charge is 0.488 e. The van der Waals surface area contributed by atoms with Gasteiger partial charge in [-0.2, -0.15) is 0 Å². The van der Waals surface area contributed by atoms with Gasteiger partial charge in [-0.1, -0.05) is 12.1 Å². The van der Waals surface area contributed by atoms with E-state index in [9.17, 15) is 4.79 Å². The summed E-state index contributed by atoms with van der Waals surface area (Å²) < 4.78 is 0. The Kier molecular flexibility index (Phi) is 4.82. The van der Waals surface area contributed by atoms with Crippen molar-refractivity contribution in [2.24, 2.45) is 0 Å². The average molecular weight is 222 g/mol. The Balaban J connectivity index is 2.52. The van der Waals surface area contributed by atoms with Crippen molar-refractivity contribution in [1.82, 2.24) is 4.90 Å². The van der Waals surface area contributed by atoms with Crippen LogP contribution >= 0.6 is 0 Å². The first-order valence-electron chi connectivity index (χ1n) is 5.06. The van der Waals surface area contributed by atoms with Crippen LogP contribution in [0.25, 0.3) is 0 Å². The summed E-state index contributed by atoms with van der Waals surface area (Å²) in [5.74, 6) is 0. The fourth-order valence-electron chi connectivity index (χ4n) is 1.19. The summed E-state index contributed by atoms with van der Waals surface area (Å²) in [6.07, 6.45) is 0.777. The standard InChI is InChI=1S/C10H15BN2O3/c1-2-13(8-14)7-12-10-5-3-9(4-6-10)11(15)16/h3-6,8,12,15-16H,2,7H2,1H3. The number of amides is 1. The van der Waals surface area contributed by atoms with Gasteiger partial charge in [0.15, 0.2) is 0 Å². The Morgan fingerprint density at radius 1 is 1.38 bits per heavy atom. The zero-order valence-electron chi connectivity index (χ0n) is 9.13. The molecule has 0 fully saturated rings. The van der Waals surface area contributed by atoms with E-state index in [-0.39, 0.29) is 0 Å². The molecule has 0 atom stereocenters. The predicted molar refractivity (Wildman–Crippen MR) is 63.2 cm³/mol. The minimum atomic E-state index is -1.45. The third kappa shape index (κ3) is 3.56. The molecule has 0 aliphatic rings. The zero-order valence-corrected chi connectivity index (χ0v) is 9.13. The summed E-state index contributed by atoms with van der Waals surface area (Å²) in [6, 6.07) is 6.69. The molecule has 1 aromatic rings. The van der Waals surface area contributed by atoms with Crippen LogP contribution in [-0.4, -0.2) is 41.7 Å². The smallest absolute Gasteiger partial charge is 0.423 e. The van der Waals surface area contributed by atoms with E-state index in [2.05, 4.69) is 5.32 Å². The van der Waals surface area contributed by atoms with E-state index < -0.39 is 7.12 Å². The molecule has 0 aliphatic heterocycles. The highest BCUT2D eigenvalue weighted by molar-refractivity contribution is 6.58. The van der Waals surface area contributed by atoms with Gasteiger partial charge in [-0.15, -0.1) is 0 Å². The number of anilines is 1. The maximum absolute atomic E-state index is 10.5. The molecule has 0 bridgehead atoms. The molecule has 0 heterocycles. The first-order chi connectivity index (χ1) is 7.67. The molecule has 0 saturated carbocycles. The second kappa shape index (κ2) is 6.14. The molecule has 1 rings (SSSR count). The number of benzene rings is 1. The van der Waals surface area contributed by atoms with Gasteiger partial charge in [0.1, 0.15) is 0 Å². The monoisotopic (exact) mass is 222 g/mol. The highest BCUT2D eigenvalue weighted by Crippen LogP contribution is 2.03. The van der Waals surface area contributed by atoms with Crippen LogP contribution in [0.15, 0.2) is 24.3 Å². The Labute approximate surface area is 94.8 Å². The minimum Gasteiger partial charge on any atom is -0.423 e. The molecule has 6 heteroatoms. The summed E-state index contributed by atoms with van der Waals surface area (Å²) in [7, 11) is -1.45. The van der Waals surface area contributed by atoms with Gasteiger partial charge in [-0.25, -0.2) is 0 Å². The molecule has 86 valence electrons. The van der Waals surface area contributed by atoms with E-state index in [1.54, 1.807) is 29.2 Å². The van der Waals surface area contributed by atoms with E-state index >= 15 is 0 Å². The fourth-order valence-corrected chi connectivity index (χ4v) is 1.19. The topological polar surface area (TPSA) is 72.8 Å². The molecule has 1 amide bonds. The quantitative estimate of drug-likeness (QED) is 0.335. The number of hydrogen-bond acceptors (Lipinski definition) is 4. The summed E-state index contributed by atoms with van der Waals surface area (Å²) >= 11 is 0. The molecule has 0 spiro atoms. The van der Waals surface area contributed by atoms with E-state index in [0.29, 0.717) is 18.7 Å². The van der Waals surface area contributed by atoms with Crippen molar-refractivity contribution < 1.29 is 14.8 Å². The Hall–Kier alpha value is -1.53. The molecule has 3 N–H and O–H groups in total. The average Bonchev–Trinajstić information content (AvgIpc) is 2.31. The lowest BCUT2D eigenvalue weighted by molar-refractivity contribution is -0.117. The first-order valence-corrected chi connectivity index (χ1v) is 5.06. The third-order valence-electron chi connectivity index (χ3n) is 2.25. The predicted octanol–water partition coefficient (Wildman–Crippen LogP) is -0.786. The van der Waals surface area contributed by atoms with Crippen LogP contribution in [0, 0.1) is 0 Å². The normalized spacial score (nSPS) is 9.69. The molecule has 16 heavy (non-hydrogen) atoms. The minimum absolute atomic E-state index is 0.432. The van der Waals surface area contributed by atoms with Crippen LogP contribution < -0.4 is 10.8 Å². The van der Waals surface area contributed by atoms with E-state index in [1.165, 1.54) is 0 Å². The van der Waals surface area contributed by atoms with E-state index in [0.717, 1.165) is 12.1 Å².